The molecule has 0 saturated carbocycles. The zero-order valence-electron chi connectivity index (χ0n) is 13.8. The second kappa shape index (κ2) is 6.22. The van der Waals surface area contributed by atoms with E-state index in [9.17, 15) is 9.59 Å². The number of carbonyl (C=O) groups is 2. The zero-order chi connectivity index (χ0) is 16.4. The first kappa shape index (κ1) is 15.8. The van der Waals surface area contributed by atoms with Gasteiger partial charge in [0.1, 0.15) is 5.69 Å². The van der Waals surface area contributed by atoms with Gasteiger partial charge in [0.15, 0.2) is 0 Å². The van der Waals surface area contributed by atoms with E-state index in [1.165, 1.54) is 0 Å². The molecule has 0 unspecified atom stereocenters. The van der Waals surface area contributed by atoms with Gasteiger partial charge >= 0.3 is 0 Å². The van der Waals surface area contributed by atoms with Crippen LogP contribution in [0.15, 0.2) is 31.0 Å². The van der Waals surface area contributed by atoms with Crippen molar-refractivity contribution in [2.45, 2.75) is 37.6 Å². The Hall–Kier alpha value is -2.04. The van der Waals surface area contributed by atoms with Gasteiger partial charge in [-0.1, -0.05) is 6.08 Å². The van der Waals surface area contributed by atoms with Crippen molar-refractivity contribution in [3.05, 3.63) is 36.7 Å². The van der Waals surface area contributed by atoms with Crippen LogP contribution in [0.1, 0.15) is 42.6 Å². The number of carbonyl (C=O) groups excluding carboxylic acids is 2. The molecule has 1 aromatic rings. The molecule has 1 aromatic heterocycles. The third-order valence-corrected chi connectivity index (χ3v) is 5.36. The Morgan fingerprint density at radius 2 is 2.09 bits per heavy atom. The molecular weight excluding hydrogens is 290 g/mol. The summed E-state index contributed by atoms with van der Waals surface area (Å²) in [4.78, 5) is 28.9. The van der Waals surface area contributed by atoms with Crippen molar-refractivity contribution in [1.82, 2.24) is 14.4 Å². The number of amides is 2. The van der Waals surface area contributed by atoms with Gasteiger partial charge in [-0.3, -0.25) is 9.59 Å². The van der Waals surface area contributed by atoms with Crippen molar-refractivity contribution in [1.29, 1.82) is 0 Å². The van der Waals surface area contributed by atoms with Gasteiger partial charge in [0, 0.05) is 44.8 Å². The summed E-state index contributed by atoms with van der Waals surface area (Å²) in [6.45, 7) is 5.83. The van der Waals surface area contributed by atoms with Gasteiger partial charge in [0.2, 0.25) is 5.91 Å². The fraction of sp³-hybridized carbons (Fsp3) is 0.556. The van der Waals surface area contributed by atoms with E-state index in [0.717, 1.165) is 31.4 Å². The summed E-state index contributed by atoms with van der Waals surface area (Å²) in [6, 6.07) is 3.76. The predicted octanol–water partition coefficient (Wildman–Crippen LogP) is 2.20. The highest BCUT2D eigenvalue weighted by molar-refractivity contribution is 5.92. The highest BCUT2D eigenvalue weighted by Gasteiger charge is 2.44. The summed E-state index contributed by atoms with van der Waals surface area (Å²) in [7, 11) is 1.89. The molecule has 3 heterocycles. The molecule has 0 bridgehead atoms. The van der Waals surface area contributed by atoms with E-state index in [2.05, 4.69) is 6.58 Å². The number of likely N-dealkylation sites (tertiary alicyclic amines) is 2. The standard InChI is InChI=1S/C18H25N3O2/c1-3-11-21-16(22)7-4-8-18(21)9-13-20(14-10-18)17(23)15-6-5-12-19(15)2/h3,5-6,12H,1,4,7-11,13-14H2,2H3. The third-order valence-electron chi connectivity index (χ3n) is 5.36. The average Bonchev–Trinajstić information content (AvgIpc) is 2.97. The summed E-state index contributed by atoms with van der Waals surface area (Å²) < 4.78 is 1.86. The van der Waals surface area contributed by atoms with Crippen molar-refractivity contribution in [3.8, 4) is 0 Å². The highest BCUT2D eigenvalue weighted by Crippen LogP contribution is 2.38. The Bertz CT molecular complexity index is 612. The van der Waals surface area contributed by atoms with Gasteiger partial charge in [0.25, 0.3) is 5.91 Å². The van der Waals surface area contributed by atoms with E-state index >= 15 is 0 Å². The first-order valence-corrected chi connectivity index (χ1v) is 8.39. The van der Waals surface area contributed by atoms with Crippen LogP contribution >= 0.6 is 0 Å². The quantitative estimate of drug-likeness (QED) is 0.803. The molecule has 2 fully saturated rings. The molecule has 2 saturated heterocycles. The van der Waals surface area contributed by atoms with E-state index in [1.54, 1.807) is 0 Å². The minimum atomic E-state index is -0.0749. The molecule has 1 spiro atoms. The molecule has 2 amide bonds. The molecule has 5 heteroatoms. The molecule has 3 rings (SSSR count). The highest BCUT2D eigenvalue weighted by atomic mass is 16.2. The van der Waals surface area contributed by atoms with Crippen LogP contribution < -0.4 is 0 Å². The molecule has 0 radical (unpaired) electrons. The van der Waals surface area contributed by atoms with Gasteiger partial charge in [-0.25, -0.2) is 0 Å². The monoisotopic (exact) mass is 315 g/mol. The number of aromatic nitrogens is 1. The lowest BCUT2D eigenvalue weighted by Gasteiger charge is -2.51. The lowest BCUT2D eigenvalue weighted by molar-refractivity contribution is -0.143. The molecule has 0 aromatic carbocycles. The Labute approximate surface area is 137 Å². The average molecular weight is 315 g/mol. The molecular formula is C18H25N3O2. The molecule has 2 aliphatic rings. The number of hydrogen-bond donors (Lipinski definition) is 0. The maximum absolute atomic E-state index is 12.6. The van der Waals surface area contributed by atoms with Crippen molar-refractivity contribution < 1.29 is 9.59 Å². The summed E-state index contributed by atoms with van der Waals surface area (Å²) in [5, 5.41) is 0. The Kier molecular flexibility index (Phi) is 4.28. The predicted molar refractivity (Wildman–Crippen MR) is 89.0 cm³/mol. The molecule has 0 atom stereocenters. The number of nitrogens with zero attached hydrogens (tertiary/aromatic N) is 3. The van der Waals surface area contributed by atoms with Crippen LogP contribution in [0.3, 0.4) is 0 Å². The third kappa shape index (κ3) is 2.80. The number of rotatable bonds is 3. The van der Waals surface area contributed by atoms with E-state index in [-0.39, 0.29) is 17.4 Å². The Balaban J connectivity index is 1.71. The Morgan fingerprint density at radius 1 is 1.35 bits per heavy atom. The summed E-state index contributed by atoms with van der Waals surface area (Å²) in [5.74, 6) is 0.322. The second-order valence-corrected chi connectivity index (χ2v) is 6.67. The van der Waals surface area contributed by atoms with Crippen LogP contribution in [0.25, 0.3) is 0 Å². The van der Waals surface area contributed by atoms with E-state index in [0.29, 0.717) is 26.1 Å². The van der Waals surface area contributed by atoms with Gasteiger partial charge in [-0.15, -0.1) is 6.58 Å². The van der Waals surface area contributed by atoms with Gasteiger partial charge < -0.3 is 14.4 Å². The minimum Gasteiger partial charge on any atom is -0.347 e. The van der Waals surface area contributed by atoms with Crippen LogP contribution in [0, 0.1) is 0 Å². The van der Waals surface area contributed by atoms with Crippen molar-refractivity contribution in [2.75, 3.05) is 19.6 Å². The largest absolute Gasteiger partial charge is 0.347 e. The summed E-state index contributed by atoms with van der Waals surface area (Å²) in [5.41, 5.74) is 0.651. The lowest BCUT2D eigenvalue weighted by Crippen LogP contribution is -2.60. The molecule has 2 aliphatic heterocycles. The summed E-state index contributed by atoms with van der Waals surface area (Å²) >= 11 is 0. The van der Waals surface area contributed by atoms with Crippen LogP contribution in [0.5, 0.6) is 0 Å². The molecule has 23 heavy (non-hydrogen) atoms. The lowest BCUT2D eigenvalue weighted by atomic mass is 9.78. The van der Waals surface area contributed by atoms with E-state index in [4.69, 9.17) is 0 Å². The number of aryl methyl sites for hydroxylation is 1. The van der Waals surface area contributed by atoms with Crippen molar-refractivity contribution in [3.63, 3.8) is 0 Å². The maximum Gasteiger partial charge on any atom is 0.270 e. The normalized spacial score (nSPS) is 20.8. The zero-order valence-corrected chi connectivity index (χ0v) is 13.8. The van der Waals surface area contributed by atoms with E-state index in [1.807, 2.05) is 45.8 Å². The van der Waals surface area contributed by atoms with Gasteiger partial charge in [0.05, 0.1) is 0 Å². The maximum atomic E-state index is 12.6. The fourth-order valence-corrected chi connectivity index (χ4v) is 4.02. The fourth-order valence-electron chi connectivity index (χ4n) is 4.02. The summed E-state index contributed by atoms with van der Waals surface area (Å²) in [6.07, 6.45) is 8.07. The first-order valence-electron chi connectivity index (χ1n) is 8.39. The van der Waals surface area contributed by atoms with Gasteiger partial charge in [-0.05, 0) is 37.8 Å². The van der Waals surface area contributed by atoms with Gasteiger partial charge in [-0.2, -0.15) is 0 Å². The second-order valence-electron chi connectivity index (χ2n) is 6.67. The van der Waals surface area contributed by atoms with Crippen LogP contribution in [0.2, 0.25) is 0 Å². The van der Waals surface area contributed by atoms with Crippen molar-refractivity contribution >= 4 is 11.8 Å². The first-order chi connectivity index (χ1) is 11.1. The van der Waals surface area contributed by atoms with Crippen LogP contribution in [0.4, 0.5) is 0 Å². The smallest absolute Gasteiger partial charge is 0.270 e. The minimum absolute atomic E-state index is 0.0749. The topological polar surface area (TPSA) is 45.6 Å². The molecule has 0 N–H and O–H groups in total. The van der Waals surface area contributed by atoms with Crippen LogP contribution in [-0.4, -0.2) is 51.4 Å². The number of piperidine rings is 2. The van der Waals surface area contributed by atoms with E-state index < -0.39 is 0 Å². The van der Waals surface area contributed by atoms with Crippen LogP contribution in [-0.2, 0) is 11.8 Å². The molecule has 5 nitrogen and oxygen atoms in total. The number of hydrogen-bond acceptors (Lipinski definition) is 2. The Morgan fingerprint density at radius 3 is 2.70 bits per heavy atom. The molecule has 0 aliphatic carbocycles. The van der Waals surface area contributed by atoms with Crippen molar-refractivity contribution in [2.24, 2.45) is 7.05 Å². The SMILES string of the molecule is C=CCN1C(=O)CCCC12CCN(C(=O)c1cccn1C)CC2. The molecule has 124 valence electrons.